The number of amides is 2. The number of benzene rings is 1. The van der Waals surface area contributed by atoms with Gasteiger partial charge in [0.1, 0.15) is 5.69 Å². The van der Waals surface area contributed by atoms with Crippen LogP contribution in [0.5, 0.6) is 0 Å². The zero-order valence-electron chi connectivity index (χ0n) is 11.7. The monoisotopic (exact) mass is 305 g/mol. The first-order valence-electron chi connectivity index (χ1n) is 6.86. The van der Waals surface area contributed by atoms with E-state index in [9.17, 15) is 9.59 Å². The molecule has 21 heavy (non-hydrogen) atoms. The molecule has 1 saturated heterocycles. The van der Waals surface area contributed by atoms with Gasteiger partial charge in [0, 0.05) is 42.1 Å². The van der Waals surface area contributed by atoms with E-state index in [0.717, 1.165) is 22.9 Å². The van der Waals surface area contributed by atoms with Gasteiger partial charge in [-0.2, -0.15) is 0 Å². The number of nitrogens with zero attached hydrogens (tertiary/aromatic N) is 2. The van der Waals surface area contributed by atoms with E-state index in [1.807, 2.05) is 25.1 Å². The molecule has 0 spiro atoms. The van der Waals surface area contributed by atoms with Gasteiger partial charge < -0.3 is 14.8 Å². The highest BCUT2D eigenvalue weighted by Gasteiger charge is 2.24. The van der Waals surface area contributed by atoms with Gasteiger partial charge in [-0.25, -0.2) is 0 Å². The number of aromatic nitrogens is 1. The Hall–Kier alpha value is -2.01. The minimum atomic E-state index is -0.0228. The number of carbonyl (C=O) groups is 2. The van der Waals surface area contributed by atoms with Crippen molar-refractivity contribution in [1.29, 1.82) is 0 Å². The Labute approximate surface area is 127 Å². The highest BCUT2D eigenvalue weighted by molar-refractivity contribution is 6.31. The van der Waals surface area contributed by atoms with Crippen LogP contribution in [-0.2, 0) is 4.79 Å². The van der Waals surface area contributed by atoms with Gasteiger partial charge in [0.2, 0.25) is 6.41 Å². The molecule has 0 saturated carbocycles. The van der Waals surface area contributed by atoms with E-state index in [0.29, 0.717) is 36.9 Å². The number of hydrogen-bond acceptors (Lipinski definition) is 2. The van der Waals surface area contributed by atoms with Crippen molar-refractivity contribution >= 4 is 34.8 Å². The zero-order valence-corrected chi connectivity index (χ0v) is 12.5. The predicted molar refractivity (Wildman–Crippen MR) is 81.6 cm³/mol. The molecule has 1 N–H and O–H groups in total. The molecule has 1 aromatic carbocycles. The third-order valence-electron chi connectivity index (χ3n) is 3.98. The highest BCUT2D eigenvalue weighted by atomic mass is 35.5. The highest BCUT2D eigenvalue weighted by Crippen LogP contribution is 2.25. The van der Waals surface area contributed by atoms with Crippen LogP contribution in [0.1, 0.15) is 16.1 Å². The second kappa shape index (κ2) is 5.41. The third kappa shape index (κ3) is 2.49. The number of aryl methyl sites for hydroxylation is 1. The first-order valence-corrected chi connectivity index (χ1v) is 7.24. The lowest BCUT2D eigenvalue weighted by Crippen LogP contribution is -2.48. The molecule has 2 amide bonds. The lowest BCUT2D eigenvalue weighted by atomic mass is 10.1. The average Bonchev–Trinajstić information content (AvgIpc) is 2.83. The Morgan fingerprint density at radius 1 is 1.29 bits per heavy atom. The maximum Gasteiger partial charge on any atom is 0.270 e. The Bertz CT molecular complexity index is 702. The molecule has 1 fully saturated rings. The van der Waals surface area contributed by atoms with Gasteiger partial charge >= 0.3 is 0 Å². The number of halogens is 1. The largest absolute Gasteiger partial charge is 0.350 e. The summed E-state index contributed by atoms with van der Waals surface area (Å²) in [4.78, 5) is 30.0. The Morgan fingerprint density at radius 3 is 2.67 bits per heavy atom. The number of nitrogens with one attached hydrogen (secondary N) is 1. The minimum Gasteiger partial charge on any atom is -0.350 e. The molecule has 0 radical (unpaired) electrons. The third-order valence-corrected chi connectivity index (χ3v) is 4.22. The van der Waals surface area contributed by atoms with Crippen molar-refractivity contribution in [1.82, 2.24) is 14.8 Å². The van der Waals surface area contributed by atoms with Crippen LogP contribution >= 0.6 is 11.6 Å². The molecule has 6 heteroatoms. The summed E-state index contributed by atoms with van der Waals surface area (Å²) in [5, 5.41) is 1.65. The smallest absolute Gasteiger partial charge is 0.270 e. The van der Waals surface area contributed by atoms with Crippen molar-refractivity contribution in [3.63, 3.8) is 0 Å². The molecular weight excluding hydrogens is 290 g/mol. The van der Waals surface area contributed by atoms with Gasteiger partial charge in [-0.3, -0.25) is 9.59 Å². The van der Waals surface area contributed by atoms with Crippen LogP contribution in [0.15, 0.2) is 18.2 Å². The lowest BCUT2D eigenvalue weighted by molar-refractivity contribution is -0.119. The summed E-state index contributed by atoms with van der Waals surface area (Å²) in [6.07, 6.45) is 0.831. The fourth-order valence-electron chi connectivity index (χ4n) is 2.71. The summed E-state index contributed by atoms with van der Waals surface area (Å²) in [6.45, 7) is 4.22. The quantitative estimate of drug-likeness (QED) is 0.863. The van der Waals surface area contributed by atoms with Crippen molar-refractivity contribution in [2.24, 2.45) is 0 Å². The van der Waals surface area contributed by atoms with Crippen LogP contribution in [-0.4, -0.2) is 53.3 Å². The summed E-state index contributed by atoms with van der Waals surface area (Å²) < 4.78 is 0. The second-order valence-electron chi connectivity index (χ2n) is 5.25. The van der Waals surface area contributed by atoms with Crippen molar-refractivity contribution in [3.8, 4) is 0 Å². The maximum atomic E-state index is 12.6. The topological polar surface area (TPSA) is 56.4 Å². The fourth-order valence-corrected chi connectivity index (χ4v) is 2.88. The molecule has 2 aromatic rings. The minimum absolute atomic E-state index is 0.0228. The second-order valence-corrected chi connectivity index (χ2v) is 5.68. The van der Waals surface area contributed by atoms with Gasteiger partial charge in [-0.1, -0.05) is 17.7 Å². The van der Waals surface area contributed by atoms with E-state index in [-0.39, 0.29) is 5.91 Å². The van der Waals surface area contributed by atoms with E-state index in [1.54, 1.807) is 9.80 Å². The molecule has 0 aliphatic carbocycles. The number of rotatable bonds is 2. The Kier molecular flexibility index (Phi) is 3.59. The number of carbonyl (C=O) groups excluding carboxylic acids is 2. The summed E-state index contributed by atoms with van der Waals surface area (Å²) in [5.74, 6) is -0.0228. The summed E-state index contributed by atoms with van der Waals surface area (Å²) >= 11 is 5.99. The van der Waals surface area contributed by atoms with Gasteiger partial charge in [0.25, 0.3) is 5.91 Å². The van der Waals surface area contributed by atoms with Crippen LogP contribution in [0.2, 0.25) is 5.02 Å². The van der Waals surface area contributed by atoms with E-state index in [4.69, 9.17) is 11.6 Å². The SMILES string of the molecule is Cc1c(C(=O)N2CCN(C=O)CC2)[nH]c2cc(Cl)ccc12. The first-order chi connectivity index (χ1) is 10.1. The van der Waals surface area contributed by atoms with E-state index in [2.05, 4.69) is 4.98 Å². The van der Waals surface area contributed by atoms with Gasteiger partial charge in [-0.15, -0.1) is 0 Å². The van der Waals surface area contributed by atoms with Gasteiger partial charge in [0.15, 0.2) is 0 Å². The summed E-state index contributed by atoms with van der Waals surface area (Å²) in [7, 11) is 0. The molecule has 5 nitrogen and oxygen atoms in total. The van der Waals surface area contributed by atoms with Gasteiger partial charge in [-0.05, 0) is 24.6 Å². The Balaban J connectivity index is 1.88. The van der Waals surface area contributed by atoms with Crippen LogP contribution in [0.4, 0.5) is 0 Å². The normalized spacial score (nSPS) is 15.5. The average molecular weight is 306 g/mol. The fraction of sp³-hybridized carbons (Fsp3) is 0.333. The molecule has 1 aliphatic rings. The molecular formula is C15H16ClN3O2. The lowest BCUT2D eigenvalue weighted by Gasteiger charge is -2.32. The first kappa shape index (κ1) is 13.9. The predicted octanol–water partition coefficient (Wildman–Crippen LogP) is 2.04. The van der Waals surface area contributed by atoms with Crippen molar-refractivity contribution in [3.05, 3.63) is 34.5 Å². The molecule has 1 aliphatic heterocycles. The number of piperazine rings is 1. The maximum absolute atomic E-state index is 12.6. The van der Waals surface area contributed by atoms with Crippen molar-refractivity contribution in [2.75, 3.05) is 26.2 Å². The van der Waals surface area contributed by atoms with Crippen LogP contribution in [0.3, 0.4) is 0 Å². The zero-order chi connectivity index (χ0) is 15.0. The van der Waals surface area contributed by atoms with Crippen LogP contribution in [0, 0.1) is 6.92 Å². The molecule has 2 heterocycles. The van der Waals surface area contributed by atoms with Crippen molar-refractivity contribution < 1.29 is 9.59 Å². The standard InChI is InChI=1S/C15H16ClN3O2/c1-10-12-3-2-11(16)8-13(12)17-14(10)15(21)19-6-4-18(9-20)5-7-19/h2-3,8-9,17H,4-7H2,1H3. The summed E-state index contributed by atoms with van der Waals surface area (Å²) in [6, 6.07) is 5.57. The molecule has 3 rings (SSSR count). The molecule has 1 aromatic heterocycles. The molecule has 0 bridgehead atoms. The molecule has 0 atom stereocenters. The Morgan fingerprint density at radius 2 is 2.00 bits per heavy atom. The summed E-state index contributed by atoms with van der Waals surface area (Å²) in [5.41, 5.74) is 2.41. The number of aromatic amines is 1. The van der Waals surface area contributed by atoms with Gasteiger partial charge in [0.05, 0.1) is 0 Å². The van der Waals surface area contributed by atoms with E-state index in [1.165, 1.54) is 0 Å². The number of H-pyrrole nitrogens is 1. The number of hydrogen-bond donors (Lipinski definition) is 1. The van der Waals surface area contributed by atoms with E-state index < -0.39 is 0 Å². The van der Waals surface area contributed by atoms with E-state index >= 15 is 0 Å². The van der Waals surface area contributed by atoms with Crippen molar-refractivity contribution in [2.45, 2.75) is 6.92 Å². The number of fused-ring (bicyclic) bond motifs is 1. The molecule has 110 valence electrons. The molecule has 0 unspecified atom stereocenters. The van der Waals surface area contributed by atoms with Crippen LogP contribution < -0.4 is 0 Å². The van der Waals surface area contributed by atoms with Crippen LogP contribution in [0.25, 0.3) is 10.9 Å².